The van der Waals surface area contributed by atoms with E-state index in [1.807, 2.05) is 77.3 Å². The number of pyridine rings is 1. The van der Waals surface area contributed by atoms with Gasteiger partial charge in [-0.05, 0) is 78.8 Å². The lowest BCUT2D eigenvalue weighted by Gasteiger charge is -2.13. The van der Waals surface area contributed by atoms with Crippen molar-refractivity contribution >= 4 is 49.0 Å². The molecular weight excluding hydrogens is 625 g/mol. The van der Waals surface area contributed by atoms with Crippen molar-refractivity contribution in [1.82, 2.24) is 19.4 Å². The van der Waals surface area contributed by atoms with Crippen LogP contribution < -0.4 is 5.56 Å². The summed E-state index contributed by atoms with van der Waals surface area (Å²) < 4.78 is 1.89. The van der Waals surface area contributed by atoms with Crippen LogP contribution in [0.5, 0.6) is 0 Å². The number of nitrogens with zero attached hydrogens (tertiary/aromatic N) is 4. The number of aromatic nitrogens is 4. The molecule has 0 unspecified atom stereocenters. The summed E-state index contributed by atoms with van der Waals surface area (Å²) >= 11 is 0. The van der Waals surface area contributed by atoms with Gasteiger partial charge >= 0.3 is 0 Å². The van der Waals surface area contributed by atoms with Crippen LogP contribution in [0.3, 0.4) is 0 Å². The van der Waals surface area contributed by atoms with Gasteiger partial charge in [-0.1, -0.05) is 140 Å². The van der Waals surface area contributed by atoms with Gasteiger partial charge in [0, 0.05) is 17.3 Å². The first-order valence-corrected chi connectivity index (χ1v) is 17.0. The molecule has 0 aliphatic rings. The van der Waals surface area contributed by atoms with Gasteiger partial charge in [0.2, 0.25) is 0 Å². The minimum Gasteiger partial charge on any atom is -0.285 e. The van der Waals surface area contributed by atoms with Crippen LogP contribution in [0, 0.1) is 0 Å². The number of hydrogen-bond acceptors (Lipinski definition) is 4. The summed E-state index contributed by atoms with van der Waals surface area (Å²) in [6.45, 7) is 0. The summed E-state index contributed by atoms with van der Waals surface area (Å²) in [5.41, 5.74) is 7.22. The maximum atomic E-state index is 13.8. The second-order valence-electron chi connectivity index (χ2n) is 12.8. The van der Waals surface area contributed by atoms with E-state index in [9.17, 15) is 4.79 Å². The molecule has 238 valence electrons. The Balaban J connectivity index is 1.12. The topological polar surface area (TPSA) is 60.2 Å². The molecular formula is C46H28N4O. The third-order valence-electron chi connectivity index (χ3n) is 9.84. The monoisotopic (exact) mass is 652 g/mol. The third kappa shape index (κ3) is 4.78. The van der Waals surface area contributed by atoms with Crippen LogP contribution in [-0.2, 0) is 0 Å². The van der Waals surface area contributed by atoms with Gasteiger partial charge in [-0.25, -0.2) is 9.97 Å². The van der Waals surface area contributed by atoms with E-state index in [0.717, 1.165) is 33.4 Å². The molecule has 5 nitrogen and oxygen atoms in total. The summed E-state index contributed by atoms with van der Waals surface area (Å²) in [7, 11) is 0. The zero-order valence-corrected chi connectivity index (χ0v) is 27.4. The fourth-order valence-electron chi connectivity index (χ4n) is 7.40. The maximum Gasteiger partial charge on any atom is 0.284 e. The first-order valence-electron chi connectivity index (χ1n) is 17.0. The quantitative estimate of drug-likeness (QED) is 0.178. The van der Waals surface area contributed by atoms with E-state index in [-0.39, 0.29) is 5.56 Å². The van der Waals surface area contributed by atoms with Crippen LogP contribution in [0.15, 0.2) is 175 Å². The van der Waals surface area contributed by atoms with Crippen molar-refractivity contribution in [2.75, 3.05) is 0 Å². The normalized spacial score (nSPS) is 11.6. The SMILES string of the molecule is O=c1nc2cc(-c3cccc(-c4ccc5c6ccccc6c6ccccc6c5c4)c3)ccn2c2nc(-c3ccccc3)nc(-c3ccccc3)c12. The van der Waals surface area contributed by atoms with Crippen LogP contribution in [0.2, 0.25) is 0 Å². The van der Waals surface area contributed by atoms with Crippen molar-refractivity contribution in [1.29, 1.82) is 0 Å². The summed E-state index contributed by atoms with van der Waals surface area (Å²) in [5.74, 6) is 0.550. The molecule has 0 bridgehead atoms. The Kier molecular flexibility index (Phi) is 6.58. The Morgan fingerprint density at radius 1 is 0.392 bits per heavy atom. The highest BCUT2D eigenvalue weighted by Crippen LogP contribution is 2.38. The first kappa shape index (κ1) is 29.0. The Morgan fingerprint density at radius 2 is 0.922 bits per heavy atom. The maximum absolute atomic E-state index is 13.8. The van der Waals surface area contributed by atoms with Crippen molar-refractivity contribution in [3.05, 3.63) is 180 Å². The minimum absolute atomic E-state index is 0.356. The van der Waals surface area contributed by atoms with Crippen molar-refractivity contribution < 1.29 is 0 Å². The van der Waals surface area contributed by atoms with Crippen molar-refractivity contribution in [2.24, 2.45) is 0 Å². The van der Waals surface area contributed by atoms with Gasteiger partial charge < -0.3 is 0 Å². The number of benzene rings is 7. The molecule has 0 amide bonds. The number of rotatable bonds is 4. The summed E-state index contributed by atoms with van der Waals surface area (Å²) in [6, 6.07) is 56.2. The zero-order chi connectivity index (χ0) is 33.9. The first-order chi connectivity index (χ1) is 25.2. The molecule has 0 atom stereocenters. The van der Waals surface area contributed by atoms with Gasteiger partial charge in [-0.15, -0.1) is 0 Å². The van der Waals surface area contributed by atoms with Crippen LogP contribution in [0.4, 0.5) is 0 Å². The Hall–Kier alpha value is -6.98. The third-order valence-corrected chi connectivity index (χ3v) is 9.84. The van der Waals surface area contributed by atoms with E-state index >= 15 is 0 Å². The second kappa shape index (κ2) is 11.6. The number of hydrogen-bond donors (Lipinski definition) is 0. The van der Waals surface area contributed by atoms with E-state index < -0.39 is 0 Å². The zero-order valence-electron chi connectivity index (χ0n) is 27.4. The molecule has 3 heterocycles. The summed E-state index contributed by atoms with van der Waals surface area (Å²) in [6.07, 6.45) is 1.95. The van der Waals surface area contributed by atoms with E-state index in [1.54, 1.807) is 0 Å². The molecule has 0 aliphatic heterocycles. The average Bonchev–Trinajstić information content (AvgIpc) is 3.21. The largest absolute Gasteiger partial charge is 0.285 e. The van der Waals surface area contributed by atoms with Crippen LogP contribution in [-0.4, -0.2) is 19.4 Å². The smallest absolute Gasteiger partial charge is 0.284 e. The van der Waals surface area contributed by atoms with Crippen molar-refractivity contribution in [3.8, 4) is 44.9 Å². The molecule has 7 aromatic carbocycles. The molecule has 0 saturated heterocycles. The van der Waals surface area contributed by atoms with E-state index in [0.29, 0.717) is 28.2 Å². The van der Waals surface area contributed by atoms with E-state index in [4.69, 9.17) is 9.97 Å². The molecule has 5 heteroatoms. The second-order valence-corrected chi connectivity index (χ2v) is 12.8. The van der Waals surface area contributed by atoms with E-state index in [1.165, 1.54) is 32.3 Å². The highest BCUT2D eigenvalue weighted by Gasteiger charge is 2.18. The molecule has 0 saturated carbocycles. The molecule has 0 N–H and O–H groups in total. The molecule has 10 aromatic rings. The molecule has 0 radical (unpaired) electrons. The van der Waals surface area contributed by atoms with E-state index in [2.05, 4.69) is 102 Å². The fourth-order valence-corrected chi connectivity index (χ4v) is 7.40. The Bertz CT molecular complexity index is 3010. The van der Waals surface area contributed by atoms with Gasteiger partial charge in [0.25, 0.3) is 5.56 Å². The highest BCUT2D eigenvalue weighted by molar-refractivity contribution is 6.25. The lowest BCUT2D eigenvalue weighted by Crippen LogP contribution is -2.14. The highest BCUT2D eigenvalue weighted by atomic mass is 16.1. The standard InChI is InChI=1S/C46H28N4O/c51-46-42-43(29-12-3-1-4-13-29)48-44(30-14-5-2-6-15-30)49-45(42)50-25-24-34(28-41(50)47-46)32-17-11-16-31(26-32)33-22-23-39-37-20-8-7-18-35(37)36-19-9-10-21-38(36)40(39)27-33/h1-28H. The summed E-state index contributed by atoms with van der Waals surface area (Å²) in [5, 5.41) is 7.91. The molecule has 51 heavy (non-hydrogen) atoms. The van der Waals surface area contributed by atoms with Gasteiger partial charge in [0.1, 0.15) is 11.0 Å². The number of fused-ring (bicyclic) bond motifs is 9. The Labute approximate surface area is 292 Å². The molecule has 10 rings (SSSR count). The lowest BCUT2D eigenvalue weighted by atomic mass is 9.91. The van der Waals surface area contributed by atoms with Gasteiger partial charge in [-0.3, -0.25) is 9.20 Å². The van der Waals surface area contributed by atoms with Crippen molar-refractivity contribution in [2.45, 2.75) is 0 Å². The molecule has 0 aliphatic carbocycles. The van der Waals surface area contributed by atoms with Gasteiger partial charge in [0.05, 0.1) is 5.69 Å². The predicted molar refractivity (Wildman–Crippen MR) is 209 cm³/mol. The van der Waals surface area contributed by atoms with Gasteiger partial charge in [0.15, 0.2) is 11.5 Å². The minimum atomic E-state index is -0.356. The summed E-state index contributed by atoms with van der Waals surface area (Å²) in [4.78, 5) is 28.2. The molecule has 0 spiro atoms. The average molecular weight is 653 g/mol. The Morgan fingerprint density at radius 3 is 1.59 bits per heavy atom. The van der Waals surface area contributed by atoms with Crippen molar-refractivity contribution in [3.63, 3.8) is 0 Å². The van der Waals surface area contributed by atoms with Crippen LogP contribution >= 0.6 is 0 Å². The lowest BCUT2D eigenvalue weighted by molar-refractivity contribution is 1.08. The molecule has 3 aromatic heterocycles. The molecule has 0 fully saturated rings. The van der Waals surface area contributed by atoms with Crippen LogP contribution in [0.1, 0.15) is 0 Å². The fraction of sp³-hybridized carbons (Fsp3) is 0. The van der Waals surface area contributed by atoms with Crippen LogP contribution in [0.25, 0.3) is 93.9 Å². The van der Waals surface area contributed by atoms with Gasteiger partial charge in [-0.2, -0.15) is 4.98 Å². The predicted octanol–water partition coefficient (Wildman–Crippen LogP) is 10.8.